The number of ether oxygens (including phenoxy) is 1. The molecule has 1 saturated carbocycles. The largest absolute Gasteiger partial charge is 0.383 e. The predicted octanol–water partition coefficient (Wildman–Crippen LogP) is 4.80. The first-order valence-electron chi connectivity index (χ1n) is 11.5. The van der Waals surface area contributed by atoms with Crippen molar-refractivity contribution in [3.8, 4) is 11.4 Å². The molecule has 1 aromatic carbocycles. The molecular formula is C25H28N4O3S. The van der Waals surface area contributed by atoms with Crippen LogP contribution in [-0.2, 0) is 4.74 Å². The van der Waals surface area contributed by atoms with E-state index in [0.29, 0.717) is 36.0 Å². The van der Waals surface area contributed by atoms with E-state index in [0.717, 1.165) is 28.5 Å². The van der Waals surface area contributed by atoms with Crippen LogP contribution in [0.4, 0.5) is 0 Å². The summed E-state index contributed by atoms with van der Waals surface area (Å²) in [4.78, 5) is 38.6. The maximum atomic E-state index is 13.4. The lowest BCUT2D eigenvalue weighted by molar-refractivity contribution is 0.0646. The van der Waals surface area contributed by atoms with Crippen LogP contribution >= 0.6 is 11.3 Å². The van der Waals surface area contributed by atoms with Gasteiger partial charge in [0.15, 0.2) is 5.69 Å². The fourth-order valence-corrected chi connectivity index (χ4v) is 5.43. The number of aromatic amines is 2. The van der Waals surface area contributed by atoms with Gasteiger partial charge in [-0.05, 0) is 43.0 Å². The Morgan fingerprint density at radius 2 is 2.00 bits per heavy atom. The van der Waals surface area contributed by atoms with Crippen molar-refractivity contribution in [3.63, 3.8) is 0 Å². The van der Waals surface area contributed by atoms with Crippen molar-refractivity contribution in [3.05, 3.63) is 50.9 Å². The zero-order valence-corrected chi connectivity index (χ0v) is 19.5. The number of hydrogen-bond acceptors (Lipinski definition) is 5. The van der Waals surface area contributed by atoms with Crippen LogP contribution in [0.3, 0.4) is 0 Å². The summed E-state index contributed by atoms with van der Waals surface area (Å²) in [5, 5.41) is 4.67. The van der Waals surface area contributed by atoms with Crippen molar-refractivity contribution in [2.75, 3.05) is 26.8 Å². The van der Waals surface area contributed by atoms with E-state index in [2.05, 4.69) is 15.0 Å². The second-order valence-electron chi connectivity index (χ2n) is 8.82. The number of carbonyl (C=O) groups excluding carboxylic acids is 1. The summed E-state index contributed by atoms with van der Waals surface area (Å²) in [6.07, 6.45) is 6.17. The average Bonchev–Trinajstić information content (AvgIpc) is 3.47. The fourth-order valence-electron chi connectivity index (χ4n) is 4.74. The predicted molar refractivity (Wildman–Crippen MR) is 132 cm³/mol. The third-order valence-corrected chi connectivity index (χ3v) is 7.25. The summed E-state index contributed by atoms with van der Waals surface area (Å²) >= 11 is 1.50. The van der Waals surface area contributed by atoms with Gasteiger partial charge in [-0.3, -0.25) is 9.59 Å². The number of nitrogens with zero attached hydrogens (tertiary/aromatic N) is 2. The van der Waals surface area contributed by atoms with Crippen LogP contribution in [0.15, 0.2) is 39.8 Å². The Morgan fingerprint density at radius 1 is 1.15 bits per heavy atom. The molecule has 7 nitrogen and oxygen atoms in total. The zero-order valence-electron chi connectivity index (χ0n) is 18.7. The highest BCUT2D eigenvalue weighted by atomic mass is 32.1. The monoisotopic (exact) mass is 464 g/mol. The zero-order chi connectivity index (χ0) is 22.8. The number of carbonyl (C=O) groups is 1. The molecule has 8 heteroatoms. The van der Waals surface area contributed by atoms with E-state index in [1.807, 2.05) is 39.9 Å². The van der Waals surface area contributed by atoms with Gasteiger partial charge in [-0.15, -0.1) is 11.3 Å². The van der Waals surface area contributed by atoms with Crippen molar-refractivity contribution in [2.24, 2.45) is 5.92 Å². The fraction of sp³-hybridized carbons (Fsp3) is 0.400. The molecule has 0 aliphatic heterocycles. The Morgan fingerprint density at radius 3 is 2.82 bits per heavy atom. The van der Waals surface area contributed by atoms with Crippen molar-refractivity contribution in [1.82, 2.24) is 19.9 Å². The number of aromatic nitrogens is 3. The second kappa shape index (κ2) is 9.49. The third-order valence-electron chi connectivity index (χ3n) is 6.52. The Hall–Kier alpha value is -2.97. The number of H-pyrrole nitrogens is 2. The van der Waals surface area contributed by atoms with Gasteiger partial charge in [-0.1, -0.05) is 19.3 Å². The molecule has 2 N–H and O–H groups in total. The van der Waals surface area contributed by atoms with Crippen LogP contribution in [0, 0.1) is 5.92 Å². The number of nitrogens with one attached hydrogen (secondary N) is 2. The van der Waals surface area contributed by atoms with Crippen LogP contribution in [0.5, 0.6) is 0 Å². The number of rotatable bonds is 7. The summed E-state index contributed by atoms with van der Waals surface area (Å²) in [5.74, 6) is 0.588. The maximum absolute atomic E-state index is 13.4. The molecule has 0 saturated heterocycles. The Balaban J connectivity index is 1.43. The van der Waals surface area contributed by atoms with E-state index in [1.165, 1.54) is 43.4 Å². The second-order valence-corrected chi connectivity index (χ2v) is 9.56. The molecule has 4 aromatic rings. The quantitative estimate of drug-likeness (QED) is 0.411. The van der Waals surface area contributed by atoms with E-state index in [4.69, 9.17) is 4.74 Å². The minimum Gasteiger partial charge on any atom is -0.383 e. The lowest BCUT2D eigenvalue weighted by Crippen LogP contribution is -2.38. The molecule has 5 rings (SSSR count). The van der Waals surface area contributed by atoms with Crippen LogP contribution in [0.25, 0.3) is 33.3 Å². The van der Waals surface area contributed by atoms with Gasteiger partial charge < -0.3 is 19.6 Å². The van der Waals surface area contributed by atoms with E-state index >= 15 is 0 Å². The van der Waals surface area contributed by atoms with Crippen LogP contribution in [0.2, 0.25) is 0 Å². The van der Waals surface area contributed by atoms with Gasteiger partial charge >= 0.3 is 0 Å². The summed E-state index contributed by atoms with van der Waals surface area (Å²) in [5.41, 5.74) is 3.78. The molecule has 1 fully saturated rings. The standard InChI is InChI=1S/C25H28N4O3S/c1-32-10-9-29(13-16-5-3-2-4-6-16)25(31)17-7-8-19-18(11-17)12-20(26-19)23-24(30)28-22-15-33-14-21(22)27-23/h7-8,11-12,14-16,26H,2-6,9-10,13H2,1H3,(H,28,30). The maximum Gasteiger partial charge on any atom is 0.276 e. The van der Waals surface area contributed by atoms with Gasteiger partial charge in [0.2, 0.25) is 0 Å². The molecule has 0 bridgehead atoms. The van der Waals surface area contributed by atoms with E-state index in [-0.39, 0.29) is 11.5 Å². The van der Waals surface area contributed by atoms with E-state index in [9.17, 15) is 9.59 Å². The van der Waals surface area contributed by atoms with Gasteiger partial charge in [0, 0.05) is 47.4 Å². The van der Waals surface area contributed by atoms with Gasteiger partial charge in [-0.2, -0.15) is 0 Å². The third kappa shape index (κ3) is 4.58. The molecule has 0 spiro atoms. The first-order valence-corrected chi connectivity index (χ1v) is 12.4. The van der Waals surface area contributed by atoms with E-state index in [1.54, 1.807) is 7.11 Å². The molecule has 1 aliphatic rings. The van der Waals surface area contributed by atoms with Crippen molar-refractivity contribution in [1.29, 1.82) is 0 Å². The lowest BCUT2D eigenvalue weighted by atomic mass is 9.89. The number of fused-ring (bicyclic) bond motifs is 2. The Bertz CT molecular complexity index is 1330. The van der Waals surface area contributed by atoms with Crippen LogP contribution < -0.4 is 5.56 Å². The number of methoxy groups -OCH3 is 1. The first-order chi connectivity index (χ1) is 16.1. The summed E-state index contributed by atoms with van der Waals surface area (Å²) in [6, 6.07) is 7.54. The van der Waals surface area contributed by atoms with Gasteiger partial charge in [0.1, 0.15) is 0 Å². The normalized spacial score (nSPS) is 14.8. The number of thiophene rings is 1. The molecular weight excluding hydrogens is 436 g/mol. The molecule has 172 valence electrons. The van der Waals surface area contributed by atoms with Gasteiger partial charge in [0.25, 0.3) is 11.5 Å². The molecule has 3 aromatic heterocycles. The Kier molecular flexibility index (Phi) is 6.28. The minimum absolute atomic E-state index is 0.0259. The highest BCUT2D eigenvalue weighted by molar-refractivity contribution is 7.09. The van der Waals surface area contributed by atoms with E-state index < -0.39 is 0 Å². The number of amides is 1. The van der Waals surface area contributed by atoms with Gasteiger partial charge in [0.05, 0.1) is 23.3 Å². The van der Waals surface area contributed by atoms with Crippen LogP contribution in [0.1, 0.15) is 42.5 Å². The average molecular weight is 465 g/mol. The molecule has 33 heavy (non-hydrogen) atoms. The minimum atomic E-state index is -0.234. The summed E-state index contributed by atoms with van der Waals surface area (Å²) < 4.78 is 5.27. The molecule has 1 aliphatic carbocycles. The summed E-state index contributed by atoms with van der Waals surface area (Å²) in [6.45, 7) is 1.88. The Labute approximate surface area is 195 Å². The molecule has 3 heterocycles. The SMILES string of the molecule is COCCN(CC1CCCCC1)C(=O)c1ccc2[nH]c(-c3nc4cscc4[nH]c3=O)cc2c1. The van der Waals surface area contributed by atoms with Gasteiger partial charge in [-0.25, -0.2) is 4.98 Å². The van der Waals surface area contributed by atoms with Crippen molar-refractivity contribution in [2.45, 2.75) is 32.1 Å². The number of benzene rings is 1. The smallest absolute Gasteiger partial charge is 0.276 e. The molecule has 0 radical (unpaired) electrons. The first kappa shape index (κ1) is 21.9. The number of hydrogen-bond donors (Lipinski definition) is 2. The highest BCUT2D eigenvalue weighted by Crippen LogP contribution is 2.27. The molecule has 0 atom stereocenters. The highest BCUT2D eigenvalue weighted by Gasteiger charge is 2.22. The lowest BCUT2D eigenvalue weighted by Gasteiger charge is -2.30. The molecule has 0 unspecified atom stereocenters. The van der Waals surface area contributed by atoms with Crippen molar-refractivity contribution < 1.29 is 9.53 Å². The molecule has 1 amide bonds. The summed E-state index contributed by atoms with van der Waals surface area (Å²) in [7, 11) is 1.67. The van der Waals surface area contributed by atoms with Crippen LogP contribution in [-0.4, -0.2) is 52.6 Å². The van der Waals surface area contributed by atoms with Crippen molar-refractivity contribution >= 4 is 39.2 Å². The topological polar surface area (TPSA) is 91.1 Å².